The van der Waals surface area contributed by atoms with Gasteiger partial charge >= 0.3 is 0 Å². The molecule has 0 saturated carbocycles. The highest BCUT2D eigenvalue weighted by Gasteiger charge is 2.16. The zero-order valence-electron chi connectivity index (χ0n) is 13.0. The monoisotopic (exact) mass is 302 g/mol. The number of amides is 1. The number of benzene rings is 1. The van der Waals surface area contributed by atoms with E-state index >= 15 is 0 Å². The lowest BCUT2D eigenvalue weighted by Crippen LogP contribution is -2.25. The lowest BCUT2D eigenvalue weighted by Gasteiger charge is -2.11. The van der Waals surface area contributed by atoms with Gasteiger partial charge in [-0.15, -0.1) is 0 Å². The van der Waals surface area contributed by atoms with Crippen molar-refractivity contribution in [2.24, 2.45) is 0 Å². The minimum Gasteiger partial charge on any atom is -0.388 e. The van der Waals surface area contributed by atoms with E-state index in [1.807, 2.05) is 44.2 Å². The summed E-state index contributed by atoms with van der Waals surface area (Å²) in [4.78, 5) is 12.0. The fourth-order valence-electron chi connectivity index (χ4n) is 2.37. The van der Waals surface area contributed by atoms with Crippen molar-refractivity contribution in [2.75, 3.05) is 0 Å². The van der Waals surface area contributed by atoms with Crippen molar-refractivity contribution in [1.82, 2.24) is 10.5 Å². The maximum atomic E-state index is 12.0. The Kier molecular flexibility index (Phi) is 5.72. The second-order valence-electron chi connectivity index (χ2n) is 5.15. The Morgan fingerprint density at radius 2 is 2.00 bits per heavy atom. The van der Waals surface area contributed by atoms with Crippen molar-refractivity contribution >= 4 is 5.91 Å². The van der Waals surface area contributed by atoms with Crippen molar-refractivity contribution < 1.29 is 14.4 Å². The lowest BCUT2D eigenvalue weighted by molar-refractivity contribution is -0.123. The topological polar surface area (TPSA) is 75.4 Å². The number of aliphatic hydroxyl groups is 1. The number of hydrogen-bond donors (Lipinski definition) is 2. The van der Waals surface area contributed by atoms with Crippen molar-refractivity contribution in [1.29, 1.82) is 0 Å². The van der Waals surface area contributed by atoms with E-state index in [4.69, 9.17) is 4.52 Å². The molecule has 0 aliphatic carbocycles. The van der Waals surface area contributed by atoms with Gasteiger partial charge in [0, 0.05) is 18.5 Å². The standard InChI is InChI=1S/C17H22N2O3/c1-3-14-13(16(4-2)22-19-14)11-18-17(21)10-15(20)12-8-6-5-7-9-12/h5-9,15,20H,3-4,10-11H2,1-2H3,(H,18,21). The maximum Gasteiger partial charge on any atom is 0.223 e. The number of aromatic nitrogens is 1. The van der Waals surface area contributed by atoms with E-state index in [1.54, 1.807) is 0 Å². The van der Waals surface area contributed by atoms with Crippen molar-refractivity contribution in [3.05, 3.63) is 52.9 Å². The van der Waals surface area contributed by atoms with Gasteiger partial charge in [-0.05, 0) is 12.0 Å². The van der Waals surface area contributed by atoms with E-state index < -0.39 is 6.10 Å². The number of aliphatic hydroxyl groups excluding tert-OH is 1. The van der Waals surface area contributed by atoms with Crippen LogP contribution in [0.15, 0.2) is 34.9 Å². The van der Waals surface area contributed by atoms with Crippen molar-refractivity contribution in [3.63, 3.8) is 0 Å². The zero-order valence-corrected chi connectivity index (χ0v) is 13.0. The Labute approximate surface area is 130 Å². The van der Waals surface area contributed by atoms with E-state index in [0.717, 1.165) is 35.4 Å². The molecule has 1 aromatic carbocycles. The summed E-state index contributed by atoms with van der Waals surface area (Å²) >= 11 is 0. The average molecular weight is 302 g/mol. The first kappa shape index (κ1) is 16.2. The normalized spacial score (nSPS) is 12.1. The number of hydrogen-bond acceptors (Lipinski definition) is 4. The third kappa shape index (κ3) is 3.95. The minimum absolute atomic E-state index is 0.0399. The number of nitrogens with zero attached hydrogens (tertiary/aromatic N) is 1. The van der Waals surface area contributed by atoms with Crippen LogP contribution in [0.25, 0.3) is 0 Å². The van der Waals surface area contributed by atoms with Crippen molar-refractivity contribution in [3.8, 4) is 0 Å². The van der Waals surface area contributed by atoms with Crippen LogP contribution in [0.3, 0.4) is 0 Å². The van der Waals surface area contributed by atoms with Gasteiger partial charge in [-0.25, -0.2) is 0 Å². The summed E-state index contributed by atoms with van der Waals surface area (Å²) in [6, 6.07) is 9.18. The van der Waals surface area contributed by atoms with Crippen LogP contribution in [0.2, 0.25) is 0 Å². The highest BCUT2D eigenvalue weighted by atomic mass is 16.5. The van der Waals surface area contributed by atoms with Crippen LogP contribution >= 0.6 is 0 Å². The second-order valence-corrected chi connectivity index (χ2v) is 5.15. The Morgan fingerprint density at radius 3 is 2.64 bits per heavy atom. The number of nitrogens with one attached hydrogen (secondary N) is 1. The molecule has 1 heterocycles. The Bertz CT molecular complexity index is 586. The molecule has 0 saturated heterocycles. The molecule has 1 aromatic heterocycles. The first-order valence-electron chi connectivity index (χ1n) is 7.61. The summed E-state index contributed by atoms with van der Waals surface area (Å²) < 4.78 is 5.27. The van der Waals surface area contributed by atoms with Crippen molar-refractivity contribution in [2.45, 2.75) is 45.8 Å². The largest absolute Gasteiger partial charge is 0.388 e. The van der Waals surface area contributed by atoms with E-state index in [9.17, 15) is 9.90 Å². The van der Waals surface area contributed by atoms with E-state index in [1.165, 1.54) is 0 Å². The minimum atomic E-state index is -0.792. The molecule has 0 spiro atoms. The molecular weight excluding hydrogens is 280 g/mol. The highest BCUT2D eigenvalue weighted by Crippen LogP contribution is 2.17. The number of carbonyl (C=O) groups is 1. The van der Waals surface area contributed by atoms with Gasteiger partial charge in [-0.2, -0.15) is 0 Å². The zero-order chi connectivity index (χ0) is 15.9. The van der Waals surface area contributed by atoms with Crippen LogP contribution in [0.5, 0.6) is 0 Å². The predicted molar refractivity (Wildman–Crippen MR) is 83.1 cm³/mol. The van der Waals surface area contributed by atoms with Gasteiger partial charge in [0.15, 0.2) is 0 Å². The molecule has 5 heteroatoms. The summed E-state index contributed by atoms with van der Waals surface area (Å²) in [5, 5.41) is 16.9. The van der Waals surface area contributed by atoms with Crippen LogP contribution in [0, 0.1) is 0 Å². The molecule has 2 rings (SSSR count). The van der Waals surface area contributed by atoms with Gasteiger partial charge in [-0.3, -0.25) is 4.79 Å². The SMILES string of the molecule is CCc1noc(CC)c1CNC(=O)CC(O)c1ccccc1. The molecule has 1 atom stereocenters. The van der Waals surface area contributed by atoms with Crippen LogP contribution in [0.1, 0.15) is 49.0 Å². The van der Waals surface area contributed by atoms with Gasteiger partial charge in [0.25, 0.3) is 0 Å². The van der Waals surface area contributed by atoms with E-state index in [0.29, 0.717) is 6.54 Å². The summed E-state index contributed by atoms with van der Waals surface area (Å²) in [6.07, 6.45) is 0.754. The molecule has 0 radical (unpaired) electrons. The maximum absolute atomic E-state index is 12.0. The van der Waals surface area contributed by atoms with Crippen LogP contribution in [0.4, 0.5) is 0 Å². The third-order valence-electron chi connectivity index (χ3n) is 3.63. The molecule has 0 aliphatic rings. The molecule has 2 aromatic rings. The molecular formula is C17H22N2O3. The number of carbonyl (C=O) groups excluding carboxylic acids is 1. The van der Waals surface area contributed by atoms with Crippen LogP contribution in [-0.2, 0) is 24.2 Å². The fraction of sp³-hybridized carbons (Fsp3) is 0.412. The summed E-state index contributed by atoms with van der Waals surface area (Å²) in [5.41, 5.74) is 2.57. The van der Waals surface area contributed by atoms with E-state index in [-0.39, 0.29) is 12.3 Å². The van der Waals surface area contributed by atoms with Gasteiger partial charge in [-0.1, -0.05) is 49.3 Å². The van der Waals surface area contributed by atoms with Gasteiger partial charge in [0.2, 0.25) is 5.91 Å². The molecule has 1 unspecified atom stereocenters. The van der Waals surface area contributed by atoms with Gasteiger partial charge in [0.05, 0.1) is 18.2 Å². The van der Waals surface area contributed by atoms with Gasteiger partial charge in [0.1, 0.15) is 5.76 Å². The molecule has 0 aliphatic heterocycles. The summed E-state index contributed by atoms with van der Waals surface area (Å²) in [5.74, 6) is 0.613. The Morgan fingerprint density at radius 1 is 1.27 bits per heavy atom. The van der Waals surface area contributed by atoms with Gasteiger partial charge < -0.3 is 14.9 Å². The fourth-order valence-corrected chi connectivity index (χ4v) is 2.37. The number of rotatable bonds is 7. The second kappa shape index (κ2) is 7.75. The Hall–Kier alpha value is -2.14. The smallest absolute Gasteiger partial charge is 0.223 e. The Balaban J connectivity index is 1.92. The molecule has 118 valence electrons. The molecule has 1 amide bonds. The summed E-state index contributed by atoms with van der Waals surface area (Å²) in [6.45, 7) is 4.38. The average Bonchev–Trinajstić information content (AvgIpc) is 2.95. The quantitative estimate of drug-likeness (QED) is 0.824. The molecule has 2 N–H and O–H groups in total. The van der Waals surface area contributed by atoms with Crippen LogP contribution < -0.4 is 5.32 Å². The number of aryl methyl sites for hydroxylation is 2. The lowest BCUT2D eigenvalue weighted by atomic mass is 10.1. The van der Waals surface area contributed by atoms with E-state index in [2.05, 4.69) is 10.5 Å². The summed E-state index contributed by atoms with van der Waals surface area (Å²) in [7, 11) is 0. The van der Waals surface area contributed by atoms with Crippen LogP contribution in [-0.4, -0.2) is 16.2 Å². The first-order chi connectivity index (χ1) is 10.7. The first-order valence-corrected chi connectivity index (χ1v) is 7.61. The molecule has 0 fully saturated rings. The highest BCUT2D eigenvalue weighted by molar-refractivity contribution is 5.76. The molecule has 0 bridgehead atoms. The predicted octanol–water partition coefficient (Wildman–Crippen LogP) is 2.54. The third-order valence-corrected chi connectivity index (χ3v) is 3.63. The molecule has 22 heavy (non-hydrogen) atoms. The molecule has 5 nitrogen and oxygen atoms in total.